The molecular formula is C8H14FN3O3S. The van der Waals surface area contributed by atoms with E-state index < -0.39 is 28.1 Å². The Bertz CT molecular complexity index is 407. The molecule has 2 amide bonds. The number of urea groups is 1. The van der Waals surface area contributed by atoms with Gasteiger partial charge in [0.15, 0.2) is 0 Å². The molecule has 1 atom stereocenters. The number of sulfonamides is 1. The Morgan fingerprint density at radius 3 is 2.62 bits per heavy atom. The van der Waals surface area contributed by atoms with Gasteiger partial charge in [-0.2, -0.15) is 0 Å². The summed E-state index contributed by atoms with van der Waals surface area (Å²) in [7, 11) is -3.88. The molecule has 3 N–H and O–H groups in total. The van der Waals surface area contributed by atoms with Crippen LogP contribution in [0.4, 0.5) is 9.18 Å². The van der Waals surface area contributed by atoms with Gasteiger partial charge in [-0.15, -0.1) is 0 Å². The molecule has 1 aliphatic carbocycles. The van der Waals surface area contributed by atoms with Crippen molar-refractivity contribution in [2.24, 2.45) is 11.1 Å². The maximum absolute atomic E-state index is 12.2. The molecule has 1 saturated heterocycles. The van der Waals surface area contributed by atoms with Gasteiger partial charge in [-0.05, 0) is 12.8 Å². The van der Waals surface area contributed by atoms with Gasteiger partial charge < -0.3 is 10.6 Å². The van der Waals surface area contributed by atoms with E-state index in [-0.39, 0.29) is 12.0 Å². The Hall–Kier alpha value is -0.890. The van der Waals surface area contributed by atoms with Crippen LogP contribution in [0.25, 0.3) is 0 Å². The van der Waals surface area contributed by atoms with Crippen molar-refractivity contribution in [3.8, 4) is 0 Å². The van der Waals surface area contributed by atoms with Crippen molar-refractivity contribution in [2.75, 3.05) is 19.1 Å². The third-order valence-electron chi connectivity index (χ3n) is 3.32. The Morgan fingerprint density at radius 2 is 2.19 bits per heavy atom. The first-order valence-electron chi connectivity index (χ1n) is 4.99. The highest BCUT2D eigenvalue weighted by molar-refractivity contribution is 7.89. The van der Waals surface area contributed by atoms with Crippen LogP contribution in [0.15, 0.2) is 0 Å². The number of nitrogens with one attached hydrogen (secondary N) is 1. The predicted molar refractivity (Wildman–Crippen MR) is 54.6 cm³/mol. The van der Waals surface area contributed by atoms with Crippen LogP contribution < -0.4 is 10.5 Å². The van der Waals surface area contributed by atoms with Crippen LogP contribution in [0.5, 0.6) is 0 Å². The Kier molecular flexibility index (Phi) is 2.58. The van der Waals surface area contributed by atoms with E-state index in [1.165, 1.54) is 4.90 Å². The van der Waals surface area contributed by atoms with Gasteiger partial charge in [-0.1, -0.05) is 0 Å². The first-order valence-corrected chi connectivity index (χ1v) is 6.64. The molecule has 1 heterocycles. The summed E-state index contributed by atoms with van der Waals surface area (Å²) < 4.78 is 36.7. The molecule has 0 bridgehead atoms. The molecule has 2 rings (SSSR count). The fourth-order valence-electron chi connectivity index (χ4n) is 2.21. The smallest absolute Gasteiger partial charge is 0.314 e. The summed E-state index contributed by atoms with van der Waals surface area (Å²) in [6.45, 7) is 0.691. The number of nitrogens with zero attached hydrogens (tertiary/aromatic N) is 1. The zero-order valence-corrected chi connectivity index (χ0v) is 9.46. The maximum atomic E-state index is 12.2. The number of amides is 2. The number of hydrogen-bond donors (Lipinski definition) is 2. The first-order chi connectivity index (χ1) is 7.38. The van der Waals surface area contributed by atoms with E-state index in [0.29, 0.717) is 6.54 Å². The molecule has 1 unspecified atom stereocenters. The average molecular weight is 251 g/mol. The van der Waals surface area contributed by atoms with Crippen molar-refractivity contribution in [3.05, 3.63) is 0 Å². The SMILES string of the molecule is NC(=O)N1CC(NS(=O)(=O)CF)C2(CC2)C1. The molecule has 92 valence electrons. The molecule has 0 aromatic heterocycles. The minimum atomic E-state index is -3.88. The summed E-state index contributed by atoms with van der Waals surface area (Å²) in [6, 6.07) is -2.40. The first kappa shape index (κ1) is 11.6. The van der Waals surface area contributed by atoms with Crippen LogP contribution in [0.2, 0.25) is 0 Å². The third kappa shape index (κ3) is 1.99. The van der Waals surface area contributed by atoms with Gasteiger partial charge >= 0.3 is 6.03 Å². The summed E-state index contributed by atoms with van der Waals surface area (Å²) in [5.74, 6) is 0. The molecule has 0 aromatic rings. The van der Waals surface area contributed by atoms with Crippen molar-refractivity contribution in [3.63, 3.8) is 0 Å². The van der Waals surface area contributed by atoms with Crippen LogP contribution in [-0.2, 0) is 10.0 Å². The summed E-state index contributed by atoms with van der Waals surface area (Å²) in [5.41, 5.74) is 4.93. The Morgan fingerprint density at radius 1 is 1.56 bits per heavy atom. The van der Waals surface area contributed by atoms with Gasteiger partial charge in [-0.25, -0.2) is 22.3 Å². The second kappa shape index (κ2) is 3.56. The lowest BCUT2D eigenvalue weighted by Gasteiger charge is -2.16. The van der Waals surface area contributed by atoms with Crippen LogP contribution >= 0.6 is 0 Å². The second-order valence-electron chi connectivity index (χ2n) is 4.48. The van der Waals surface area contributed by atoms with E-state index in [2.05, 4.69) is 4.72 Å². The minimum Gasteiger partial charge on any atom is -0.351 e. The van der Waals surface area contributed by atoms with E-state index in [4.69, 9.17) is 5.73 Å². The molecule has 1 saturated carbocycles. The maximum Gasteiger partial charge on any atom is 0.314 e. The van der Waals surface area contributed by atoms with Crippen molar-refractivity contribution in [1.82, 2.24) is 9.62 Å². The molecule has 2 fully saturated rings. The van der Waals surface area contributed by atoms with Crippen LogP contribution in [0, 0.1) is 5.41 Å². The number of likely N-dealkylation sites (tertiary alicyclic amines) is 1. The highest BCUT2D eigenvalue weighted by Crippen LogP contribution is 2.52. The van der Waals surface area contributed by atoms with Crippen molar-refractivity contribution < 1.29 is 17.6 Å². The second-order valence-corrected chi connectivity index (χ2v) is 6.16. The number of alkyl halides is 1. The highest BCUT2D eigenvalue weighted by atomic mass is 32.2. The van der Waals surface area contributed by atoms with Gasteiger partial charge in [0.1, 0.15) is 0 Å². The van der Waals surface area contributed by atoms with Crippen LogP contribution in [0.3, 0.4) is 0 Å². The fraction of sp³-hybridized carbons (Fsp3) is 0.875. The number of hydrogen-bond acceptors (Lipinski definition) is 3. The Balaban J connectivity index is 2.08. The van der Waals surface area contributed by atoms with E-state index >= 15 is 0 Å². The summed E-state index contributed by atoms with van der Waals surface area (Å²) >= 11 is 0. The Labute approximate surface area is 93.0 Å². The van der Waals surface area contributed by atoms with Crippen molar-refractivity contribution in [2.45, 2.75) is 18.9 Å². The number of rotatable bonds is 3. The quantitative estimate of drug-likeness (QED) is 0.700. The minimum absolute atomic E-state index is 0.211. The number of primary amides is 1. The van der Waals surface area contributed by atoms with Gasteiger partial charge in [-0.3, -0.25) is 0 Å². The van der Waals surface area contributed by atoms with Crippen molar-refractivity contribution in [1.29, 1.82) is 0 Å². The number of carbonyl (C=O) groups is 1. The average Bonchev–Trinajstić information content (AvgIpc) is 2.87. The zero-order valence-electron chi connectivity index (χ0n) is 8.65. The molecule has 16 heavy (non-hydrogen) atoms. The van der Waals surface area contributed by atoms with E-state index in [0.717, 1.165) is 12.8 Å². The fourth-order valence-corrected chi connectivity index (χ4v) is 3.04. The van der Waals surface area contributed by atoms with E-state index in [9.17, 15) is 17.6 Å². The van der Waals surface area contributed by atoms with Gasteiger partial charge in [0.05, 0.1) is 0 Å². The topological polar surface area (TPSA) is 92.5 Å². The highest BCUT2D eigenvalue weighted by Gasteiger charge is 2.56. The van der Waals surface area contributed by atoms with Gasteiger partial charge in [0.2, 0.25) is 16.0 Å². The molecule has 8 heteroatoms. The molecule has 0 radical (unpaired) electrons. The van der Waals surface area contributed by atoms with Gasteiger partial charge in [0, 0.05) is 24.5 Å². The molecule has 0 aromatic carbocycles. The standard InChI is InChI=1S/C8H14FN3O3S/c9-5-16(14,15)11-6-3-12(7(10)13)4-8(6)1-2-8/h6,11H,1-5H2,(H2,10,13). The van der Waals surface area contributed by atoms with Gasteiger partial charge in [0.25, 0.3) is 0 Å². The van der Waals surface area contributed by atoms with Crippen molar-refractivity contribution >= 4 is 16.1 Å². The molecule has 1 aliphatic heterocycles. The molecule has 1 spiro atoms. The number of nitrogens with two attached hydrogens (primary N) is 1. The van der Waals surface area contributed by atoms with E-state index in [1.54, 1.807) is 0 Å². The number of halogens is 1. The lowest BCUT2D eigenvalue weighted by Crippen LogP contribution is -2.42. The molecule has 6 nitrogen and oxygen atoms in total. The van der Waals surface area contributed by atoms with Crippen LogP contribution in [-0.4, -0.2) is 44.5 Å². The summed E-state index contributed by atoms with van der Waals surface area (Å²) in [6.07, 6.45) is 1.69. The lowest BCUT2D eigenvalue weighted by molar-refractivity contribution is 0.216. The lowest BCUT2D eigenvalue weighted by atomic mass is 10.0. The third-order valence-corrected chi connectivity index (χ3v) is 4.25. The molecular weight excluding hydrogens is 237 g/mol. The van der Waals surface area contributed by atoms with Crippen LogP contribution in [0.1, 0.15) is 12.8 Å². The summed E-state index contributed by atoms with van der Waals surface area (Å²) in [5, 5.41) is 0. The largest absolute Gasteiger partial charge is 0.351 e. The predicted octanol–water partition coefficient (Wildman–Crippen LogP) is -0.624. The summed E-state index contributed by atoms with van der Waals surface area (Å²) in [4.78, 5) is 12.4. The number of carbonyl (C=O) groups excluding carboxylic acids is 1. The zero-order chi connectivity index (χ0) is 12.0. The van der Waals surface area contributed by atoms with E-state index in [1.807, 2.05) is 0 Å². The molecule has 2 aliphatic rings. The monoisotopic (exact) mass is 251 g/mol. The normalized spacial score (nSPS) is 27.3.